The number of aromatic nitrogens is 2. The molecule has 2 rings (SSSR count). The lowest BCUT2D eigenvalue weighted by molar-refractivity contribution is -0.0525. The number of nitrogen functional groups attached to an aromatic ring is 1. The summed E-state index contributed by atoms with van der Waals surface area (Å²) in [5, 5.41) is 19.6. The quantitative estimate of drug-likeness (QED) is 0.384. The van der Waals surface area contributed by atoms with E-state index >= 15 is 0 Å². The first-order valence-electron chi connectivity index (χ1n) is 5.57. The SMILES string of the molecule is Nc1ccn([C@@H]2O[C@H](COP(O)O)[C@@H](O)[C@H]2O)c(=O)n1. The van der Waals surface area contributed by atoms with Crippen LogP contribution >= 0.6 is 8.60 Å². The molecule has 112 valence electrons. The molecule has 1 fully saturated rings. The molecule has 4 atom stereocenters. The van der Waals surface area contributed by atoms with Crippen molar-refractivity contribution in [3.63, 3.8) is 0 Å². The topological polar surface area (TPSA) is 160 Å². The minimum Gasteiger partial charge on any atom is -0.387 e. The van der Waals surface area contributed by atoms with Crippen molar-refractivity contribution < 1.29 is 29.3 Å². The summed E-state index contributed by atoms with van der Waals surface area (Å²) in [7, 11) is -2.60. The Labute approximate surface area is 114 Å². The Morgan fingerprint density at radius 2 is 2.15 bits per heavy atom. The summed E-state index contributed by atoms with van der Waals surface area (Å²) in [5.74, 6) is 0.0189. The van der Waals surface area contributed by atoms with Crippen LogP contribution in [-0.4, -0.2) is 54.5 Å². The van der Waals surface area contributed by atoms with E-state index in [0.717, 1.165) is 4.57 Å². The zero-order valence-electron chi connectivity index (χ0n) is 10.1. The Balaban J connectivity index is 2.15. The highest BCUT2D eigenvalue weighted by Crippen LogP contribution is 2.32. The molecular formula is C9H14N3O7P. The van der Waals surface area contributed by atoms with Crippen LogP contribution in [0.4, 0.5) is 5.82 Å². The van der Waals surface area contributed by atoms with Gasteiger partial charge in [-0.1, -0.05) is 0 Å². The molecule has 0 spiro atoms. The summed E-state index contributed by atoms with van der Waals surface area (Å²) < 4.78 is 10.8. The smallest absolute Gasteiger partial charge is 0.351 e. The van der Waals surface area contributed by atoms with Gasteiger partial charge in [0.15, 0.2) is 6.23 Å². The molecular weight excluding hydrogens is 293 g/mol. The molecule has 1 aromatic rings. The summed E-state index contributed by atoms with van der Waals surface area (Å²) in [6.45, 7) is -0.343. The lowest BCUT2D eigenvalue weighted by Crippen LogP contribution is -2.36. The molecule has 2 heterocycles. The summed E-state index contributed by atoms with van der Waals surface area (Å²) in [6.07, 6.45) is -3.64. The van der Waals surface area contributed by atoms with Gasteiger partial charge in [0.2, 0.25) is 0 Å². The van der Waals surface area contributed by atoms with Crippen LogP contribution in [0, 0.1) is 0 Å². The minimum absolute atomic E-state index is 0.0189. The maximum atomic E-state index is 11.6. The molecule has 1 aliphatic heterocycles. The molecule has 10 nitrogen and oxygen atoms in total. The molecule has 0 amide bonds. The Morgan fingerprint density at radius 1 is 1.45 bits per heavy atom. The third-order valence-electron chi connectivity index (χ3n) is 2.82. The highest BCUT2D eigenvalue weighted by molar-refractivity contribution is 7.39. The Kier molecular flexibility index (Phi) is 4.66. The van der Waals surface area contributed by atoms with Crippen LogP contribution in [0.1, 0.15) is 6.23 Å². The molecule has 0 unspecified atom stereocenters. The van der Waals surface area contributed by atoms with Gasteiger partial charge in [-0.25, -0.2) is 4.79 Å². The molecule has 6 N–H and O–H groups in total. The van der Waals surface area contributed by atoms with E-state index in [2.05, 4.69) is 9.51 Å². The largest absolute Gasteiger partial charge is 0.387 e. The fourth-order valence-electron chi connectivity index (χ4n) is 1.86. The normalized spacial score (nSPS) is 30.1. The minimum atomic E-state index is -2.60. The highest BCUT2D eigenvalue weighted by atomic mass is 31.2. The molecule has 0 aliphatic carbocycles. The lowest BCUT2D eigenvalue weighted by atomic mass is 10.1. The van der Waals surface area contributed by atoms with Crippen LogP contribution in [0.25, 0.3) is 0 Å². The number of hydrogen-bond donors (Lipinski definition) is 5. The first kappa shape index (κ1) is 15.3. The molecule has 0 radical (unpaired) electrons. The third kappa shape index (κ3) is 3.13. The average molecular weight is 307 g/mol. The first-order chi connectivity index (χ1) is 9.40. The van der Waals surface area contributed by atoms with Crippen LogP contribution in [-0.2, 0) is 9.26 Å². The van der Waals surface area contributed by atoms with Gasteiger partial charge in [-0.3, -0.25) is 4.57 Å². The number of nitrogens with zero attached hydrogens (tertiary/aromatic N) is 2. The maximum absolute atomic E-state index is 11.6. The van der Waals surface area contributed by atoms with Gasteiger partial charge in [0, 0.05) is 6.20 Å². The summed E-state index contributed by atoms with van der Waals surface area (Å²) in [5.41, 5.74) is 4.60. The van der Waals surface area contributed by atoms with E-state index in [4.69, 9.17) is 20.3 Å². The van der Waals surface area contributed by atoms with Crippen molar-refractivity contribution in [3.8, 4) is 0 Å². The van der Waals surface area contributed by atoms with Gasteiger partial charge in [0.25, 0.3) is 0 Å². The fourth-order valence-corrected chi connectivity index (χ4v) is 2.14. The van der Waals surface area contributed by atoms with Crippen molar-refractivity contribution in [2.45, 2.75) is 24.5 Å². The van der Waals surface area contributed by atoms with Gasteiger partial charge in [-0.05, 0) is 6.07 Å². The Bertz CT molecular complexity index is 525. The van der Waals surface area contributed by atoms with Gasteiger partial charge in [0.1, 0.15) is 24.1 Å². The zero-order chi connectivity index (χ0) is 14.9. The maximum Gasteiger partial charge on any atom is 0.351 e. The number of anilines is 1. The first-order valence-corrected chi connectivity index (χ1v) is 6.73. The Hall–Kier alpha value is -1.13. The molecule has 1 aliphatic rings. The van der Waals surface area contributed by atoms with Crippen LogP contribution in [0.3, 0.4) is 0 Å². The van der Waals surface area contributed by atoms with Crippen molar-refractivity contribution in [1.82, 2.24) is 9.55 Å². The van der Waals surface area contributed by atoms with E-state index in [1.54, 1.807) is 0 Å². The number of rotatable bonds is 4. The van der Waals surface area contributed by atoms with Crippen LogP contribution < -0.4 is 11.4 Å². The molecule has 0 bridgehead atoms. The summed E-state index contributed by atoms with van der Waals surface area (Å²) in [6, 6.07) is 1.34. The van der Waals surface area contributed by atoms with Gasteiger partial charge >= 0.3 is 14.3 Å². The van der Waals surface area contributed by atoms with Gasteiger partial charge in [-0.15, -0.1) is 0 Å². The standard InChI is InChI=1S/C9H14N3O7P/c10-5-1-2-12(9(15)11-5)8-7(14)6(13)4(19-8)3-18-20(16)17/h1-2,4,6-8,13-14,16-17H,3H2,(H2,10,11,15)/t4-,6-,7-,8-/m1/s1. The van der Waals surface area contributed by atoms with Crippen LogP contribution in [0.2, 0.25) is 0 Å². The molecule has 20 heavy (non-hydrogen) atoms. The predicted octanol–water partition coefficient (Wildman–Crippen LogP) is -2.33. The van der Waals surface area contributed by atoms with Gasteiger partial charge in [-0.2, -0.15) is 4.98 Å². The van der Waals surface area contributed by atoms with Crippen molar-refractivity contribution in [2.75, 3.05) is 12.3 Å². The Morgan fingerprint density at radius 3 is 2.75 bits per heavy atom. The second kappa shape index (κ2) is 6.10. The monoisotopic (exact) mass is 307 g/mol. The van der Waals surface area contributed by atoms with E-state index in [1.807, 2.05) is 0 Å². The summed E-state index contributed by atoms with van der Waals surface area (Å²) >= 11 is 0. The van der Waals surface area contributed by atoms with Crippen molar-refractivity contribution >= 4 is 14.4 Å². The molecule has 11 heteroatoms. The van der Waals surface area contributed by atoms with Crippen molar-refractivity contribution in [1.29, 1.82) is 0 Å². The summed E-state index contributed by atoms with van der Waals surface area (Å²) in [4.78, 5) is 32.4. The lowest BCUT2D eigenvalue weighted by Gasteiger charge is -2.16. The fraction of sp³-hybridized carbons (Fsp3) is 0.556. The van der Waals surface area contributed by atoms with Crippen LogP contribution in [0.15, 0.2) is 17.1 Å². The van der Waals surface area contributed by atoms with Gasteiger partial charge in [0.05, 0.1) is 6.61 Å². The second-order valence-corrected chi connectivity index (χ2v) is 4.90. The van der Waals surface area contributed by atoms with Crippen LogP contribution in [0.5, 0.6) is 0 Å². The van der Waals surface area contributed by atoms with E-state index in [-0.39, 0.29) is 12.4 Å². The molecule has 1 saturated heterocycles. The number of aliphatic hydroxyl groups excluding tert-OH is 2. The number of ether oxygens (including phenoxy) is 1. The van der Waals surface area contributed by atoms with E-state index in [1.165, 1.54) is 12.3 Å². The third-order valence-corrected chi connectivity index (χ3v) is 3.20. The number of aliphatic hydroxyl groups is 2. The van der Waals surface area contributed by atoms with Crippen molar-refractivity contribution in [3.05, 3.63) is 22.7 Å². The average Bonchev–Trinajstić information content (AvgIpc) is 2.64. The van der Waals surface area contributed by atoms with Gasteiger partial charge < -0.3 is 35.0 Å². The van der Waals surface area contributed by atoms with E-state index < -0.39 is 38.8 Å². The number of nitrogens with two attached hydrogens (primary N) is 1. The number of hydrogen-bond acceptors (Lipinski definition) is 9. The predicted molar refractivity (Wildman–Crippen MR) is 66.1 cm³/mol. The molecule has 0 saturated carbocycles. The van der Waals surface area contributed by atoms with Crippen molar-refractivity contribution in [2.24, 2.45) is 0 Å². The zero-order valence-corrected chi connectivity index (χ0v) is 11.0. The van der Waals surface area contributed by atoms with E-state index in [0.29, 0.717) is 0 Å². The molecule has 0 aromatic carbocycles. The highest BCUT2D eigenvalue weighted by Gasteiger charge is 2.44. The molecule has 1 aromatic heterocycles. The van der Waals surface area contributed by atoms with E-state index in [9.17, 15) is 15.0 Å². The second-order valence-electron chi connectivity index (χ2n) is 4.14.